The summed E-state index contributed by atoms with van der Waals surface area (Å²) in [4.78, 5) is 0. The van der Waals surface area contributed by atoms with E-state index in [-0.39, 0.29) is 0 Å². The first-order valence-corrected chi connectivity index (χ1v) is 6.00. The molecule has 64 valence electrons. The minimum atomic E-state index is 0.535. The number of benzene rings is 1. The average molecular weight is 234 g/mol. The quantitative estimate of drug-likeness (QED) is 0.526. The SMILES string of the molecule is Cn1ccc2[se]c3ccccc3c21. The van der Waals surface area contributed by atoms with Crippen LogP contribution in [0.4, 0.5) is 0 Å². The number of aromatic nitrogens is 1. The van der Waals surface area contributed by atoms with Gasteiger partial charge in [0.1, 0.15) is 0 Å². The summed E-state index contributed by atoms with van der Waals surface area (Å²) >= 11 is 0.535. The summed E-state index contributed by atoms with van der Waals surface area (Å²) in [5.74, 6) is 0. The van der Waals surface area contributed by atoms with E-state index in [2.05, 4.69) is 48.1 Å². The van der Waals surface area contributed by atoms with E-state index >= 15 is 0 Å². The predicted octanol–water partition coefficient (Wildman–Crippen LogP) is 2.39. The third-order valence-electron chi connectivity index (χ3n) is 2.40. The van der Waals surface area contributed by atoms with Gasteiger partial charge in [-0.05, 0) is 0 Å². The van der Waals surface area contributed by atoms with Crippen LogP contribution in [0.2, 0.25) is 0 Å². The molecule has 0 unspecified atom stereocenters. The topological polar surface area (TPSA) is 4.93 Å². The van der Waals surface area contributed by atoms with Gasteiger partial charge in [0.2, 0.25) is 0 Å². The molecule has 0 aliphatic rings. The molecule has 13 heavy (non-hydrogen) atoms. The first-order valence-electron chi connectivity index (χ1n) is 4.29. The van der Waals surface area contributed by atoms with Crippen molar-refractivity contribution in [2.24, 2.45) is 7.05 Å². The molecule has 0 fully saturated rings. The van der Waals surface area contributed by atoms with Gasteiger partial charge in [0.15, 0.2) is 0 Å². The number of rotatable bonds is 0. The normalized spacial score (nSPS) is 11.5. The fraction of sp³-hybridized carbons (Fsp3) is 0.0909. The molecule has 0 aliphatic heterocycles. The molecule has 1 nitrogen and oxygen atoms in total. The maximum absolute atomic E-state index is 2.25. The van der Waals surface area contributed by atoms with Gasteiger partial charge in [0, 0.05) is 0 Å². The van der Waals surface area contributed by atoms with Crippen LogP contribution in [0.25, 0.3) is 19.4 Å². The molecule has 0 N–H and O–H groups in total. The predicted molar refractivity (Wildman–Crippen MR) is 57.4 cm³/mol. The van der Waals surface area contributed by atoms with E-state index in [9.17, 15) is 0 Å². The van der Waals surface area contributed by atoms with Crippen LogP contribution in [-0.4, -0.2) is 19.1 Å². The summed E-state index contributed by atoms with van der Waals surface area (Å²) in [5, 5.41) is 1.44. The van der Waals surface area contributed by atoms with E-state index in [1.165, 1.54) is 19.4 Å². The molecule has 2 heterocycles. The van der Waals surface area contributed by atoms with Gasteiger partial charge in [0.25, 0.3) is 0 Å². The van der Waals surface area contributed by atoms with Crippen molar-refractivity contribution in [2.45, 2.75) is 0 Å². The number of hydrogen-bond acceptors (Lipinski definition) is 0. The van der Waals surface area contributed by atoms with Crippen molar-refractivity contribution in [3.63, 3.8) is 0 Å². The Morgan fingerprint density at radius 2 is 1.92 bits per heavy atom. The van der Waals surface area contributed by atoms with E-state index in [0.717, 1.165) is 0 Å². The Balaban J connectivity index is 2.66. The summed E-state index contributed by atoms with van der Waals surface area (Å²) in [5.41, 5.74) is 1.43. The second kappa shape index (κ2) is 2.50. The van der Waals surface area contributed by atoms with Gasteiger partial charge in [0.05, 0.1) is 0 Å². The number of fused-ring (bicyclic) bond motifs is 3. The van der Waals surface area contributed by atoms with Crippen LogP contribution in [0.15, 0.2) is 36.5 Å². The van der Waals surface area contributed by atoms with Gasteiger partial charge in [-0.25, -0.2) is 0 Å². The van der Waals surface area contributed by atoms with Crippen LogP contribution in [0.3, 0.4) is 0 Å². The third kappa shape index (κ3) is 0.932. The monoisotopic (exact) mass is 235 g/mol. The van der Waals surface area contributed by atoms with E-state index in [1.807, 2.05) is 0 Å². The molecular weight excluding hydrogens is 225 g/mol. The van der Waals surface area contributed by atoms with Gasteiger partial charge in [-0.15, -0.1) is 0 Å². The molecular formula is C11H9NSe. The Labute approximate surface area is 82.3 Å². The van der Waals surface area contributed by atoms with Gasteiger partial charge in [-0.3, -0.25) is 0 Å². The van der Waals surface area contributed by atoms with Crippen molar-refractivity contribution in [2.75, 3.05) is 0 Å². The molecule has 1 aromatic carbocycles. The zero-order valence-electron chi connectivity index (χ0n) is 7.32. The van der Waals surface area contributed by atoms with E-state index < -0.39 is 0 Å². The van der Waals surface area contributed by atoms with Gasteiger partial charge >= 0.3 is 82.1 Å². The van der Waals surface area contributed by atoms with Crippen molar-refractivity contribution < 1.29 is 0 Å². The Morgan fingerprint density at radius 3 is 2.85 bits per heavy atom. The van der Waals surface area contributed by atoms with E-state index in [0.29, 0.717) is 14.5 Å². The molecule has 0 radical (unpaired) electrons. The Bertz CT molecular complexity index is 574. The Hall–Kier alpha value is -0.981. The third-order valence-corrected chi connectivity index (χ3v) is 4.76. The second-order valence-corrected chi connectivity index (χ2v) is 5.51. The fourth-order valence-electron chi connectivity index (χ4n) is 1.78. The number of hydrogen-bond donors (Lipinski definition) is 0. The number of aryl methyl sites for hydroxylation is 1. The van der Waals surface area contributed by atoms with E-state index in [1.54, 1.807) is 0 Å². The molecule has 2 aromatic heterocycles. The molecule has 0 saturated carbocycles. The van der Waals surface area contributed by atoms with Crippen molar-refractivity contribution in [3.05, 3.63) is 36.5 Å². The summed E-state index contributed by atoms with van der Waals surface area (Å²) < 4.78 is 5.27. The fourth-order valence-corrected chi connectivity index (χ4v) is 4.17. The molecule has 0 aliphatic carbocycles. The standard InChI is InChI=1S/C11H9NSe/c1-12-7-6-10-11(12)8-4-2-3-5-9(8)13-10/h2-7H,1H3. The molecule has 0 bridgehead atoms. The first-order chi connectivity index (χ1) is 6.36. The van der Waals surface area contributed by atoms with Crippen molar-refractivity contribution in [1.82, 2.24) is 4.57 Å². The Kier molecular flexibility index (Phi) is 1.43. The van der Waals surface area contributed by atoms with Crippen LogP contribution in [0, 0.1) is 0 Å². The minimum absolute atomic E-state index is 0.535. The Morgan fingerprint density at radius 1 is 1.08 bits per heavy atom. The van der Waals surface area contributed by atoms with Gasteiger partial charge in [-0.2, -0.15) is 0 Å². The molecule has 2 heteroatoms. The second-order valence-electron chi connectivity index (χ2n) is 3.24. The maximum atomic E-state index is 2.25. The van der Waals surface area contributed by atoms with Crippen LogP contribution in [0.5, 0.6) is 0 Å². The molecule has 0 saturated heterocycles. The average Bonchev–Trinajstić information content (AvgIpc) is 2.66. The summed E-state index contributed by atoms with van der Waals surface area (Å²) in [6.07, 6.45) is 2.16. The molecule has 0 spiro atoms. The summed E-state index contributed by atoms with van der Waals surface area (Å²) in [7, 11) is 2.12. The van der Waals surface area contributed by atoms with Gasteiger partial charge < -0.3 is 0 Å². The van der Waals surface area contributed by atoms with Crippen LogP contribution in [-0.2, 0) is 7.05 Å². The van der Waals surface area contributed by atoms with Crippen molar-refractivity contribution in [3.8, 4) is 0 Å². The first kappa shape index (κ1) is 7.43. The van der Waals surface area contributed by atoms with Crippen molar-refractivity contribution in [1.29, 1.82) is 0 Å². The van der Waals surface area contributed by atoms with Crippen molar-refractivity contribution >= 4 is 33.9 Å². The summed E-state index contributed by atoms with van der Waals surface area (Å²) in [6, 6.07) is 11.0. The number of nitrogens with zero attached hydrogens (tertiary/aromatic N) is 1. The molecule has 0 atom stereocenters. The molecule has 3 rings (SSSR count). The summed E-state index contributed by atoms with van der Waals surface area (Å²) in [6.45, 7) is 0. The van der Waals surface area contributed by atoms with Crippen LogP contribution in [0.1, 0.15) is 0 Å². The van der Waals surface area contributed by atoms with Gasteiger partial charge in [-0.1, -0.05) is 0 Å². The molecule has 3 aromatic rings. The zero-order valence-corrected chi connectivity index (χ0v) is 9.03. The van der Waals surface area contributed by atoms with E-state index in [4.69, 9.17) is 0 Å². The molecule has 0 amide bonds. The van der Waals surface area contributed by atoms with Crippen LogP contribution >= 0.6 is 0 Å². The zero-order chi connectivity index (χ0) is 8.84. The van der Waals surface area contributed by atoms with Crippen LogP contribution < -0.4 is 0 Å².